The molecule has 4 aromatic rings. The summed E-state index contributed by atoms with van der Waals surface area (Å²) < 4.78 is 11.6. The molecule has 1 aliphatic carbocycles. The number of fused-ring (bicyclic) bond motifs is 1. The van der Waals surface area contributed by atoms with Crippen LogP contribution in [0, 0.1) is 0 Å². The van der Waals surface area contributed by atoms with Crippen molar-refractivity contribution < 1.29 is 14.3 Å². The van der Waals surface area contributed by atoms with Crippen molar-refractivity contribution in [3.8, 4) is 0 Å². The van der Waals surface area contributed by atoms with Crippen LogP contribution in [0.25, 0.3) is 11.0 Å². The van der Waals surface area contributed by atoms with Crippen LogP contribution in [0.15, 0.2) is 60.8 Å². The minimum atomic E-state index is -0.238. The van der Waals surface area contributed by atoms with E-state index in [1.165, 1.54) is 12.0 Å². The minimum Gasteiger partial charge on any atom is -0.353 e. The molecular formula is C31H33ClN4O3. The first-order valence-corrected chi connectivity index (χ1v) is 14.2. The topological polar surface area (TPSA) is 89.1 Å². The SMILES string of the molecule is O=C(Nc1ccc(C2(c3nc4c(CCCOC5CCCCO5)cccc4[nH]3)CCC2)cn1)c1cccc(Cl)c1. The van der Waals surface area contributed by atoms with Gasteiger partial charge in [0, 0.05) is 23.4 Å². The number of hydrogen-bond acceptors (Lipinski definition) is 5. The molecule has 1 unspecified atom stereocenters. The van der Waals surface area contributed by atoms with E-state index in [2.05, 4.69) is 39.6 Å². The number of aromatic nitrogens is 3. The zero-order chi connectivity index (χ0) is 26.7. The molecule has 1 amide bonds. The predicted molar refractivity (Wildman–Crippen MR) is 152 cm³/mol. The number of nitrogens with one attached hydrogen (secondary N) is 2. The molecule has 39 heavy (non-hydrogen) atoms. The normalized spacial score (nSPS) is 18.5. The molecule has 202 valence electrons. The molecule has 2 aromatic heterocycles. The van der Waals surface area contributed by atoms with Crippen molar-refractivity contribution in [3.05, 3.63) is 88.3 Å². The van der Waals surface area contributed by atoms with Crippen molar-refractivity contribution in [2.75, 3.05) is 18.5 Å². The maximum absolute atomic E-state index is 12.6. The Bertz CT molecular complexity index is 1440. The summed E-state index contributed by atoms with van der Waals surface area (Å²) in [5, 5.41) is 3.39. The van der Waals surface area contributed by atoms with Crippen LogP contribution in [0.1, 0.15) is 72.3 Å². The second-order valence-corrected chi connectivity index (χ2v) is 10.9. The van der Waals surface area contributed by atoms with Gasteiger partial charge in [0.25, 0.3) is 5.91 Å². The standard InChI is InChI=1S/C31H33ClN4O3/c32-24-10-3-8-22(19-24)29(37)35-26-14-13-23(20-33-26)31(15-6-16-31)30-34-25-11-4-7-21(28(25)36-30)9-5-18-39-27-12-1-2-17-38-27/h3-4,7-8,10-11,13-14,19-20,27H,1-2,5-6,9,12,15-18H2,(H,34,36)(H,33,35,37). The molecule has 0 radical (unpaired) electrons. The van der Waals surface area contributed by atoms with Crippen molar-refractivity contribution in [2.45, 2.75) is 63.1 Å². The van der Waals surface area contributed by atoms with Gasteiger partial charge in [-0.3, -0.25) is 4.79 Å². The first-order valence-electron chi connectivity index (χ1n) is 13.9. The molecule has 1 saturated carbocycles. The lowest BCUT2D eigenvalue weighted by atomic mass is 9.64. The summed E-state index contributed by atoms with van der Waals surface area (Å²) in [6.07, 6.45) is 10.1. The van der Waals surface area contributed by atoms with Crippen molar-refractivity contribution in [1.29, 1.82) is 0 Å². The zero-order valence-corrected chi connectivity index (χ0v) is 22.7. The third-order valence-electron chi connectivity index (χ3n) is 7.93. The summed E-state index contributed by atoms with van der Waals surface area (Å²) in [5.74, 6) is 1.25. The molecule has 2 aromatic carbocycles. The number of nitrogens with zero attached hydrogens (tertiary/aromatic N) is 2. The zero-order valence-electron chi connectivity index (χ0n) is 21.9. The summed E-state index contributed by atoms with van der Waals surface area (Å²) in [6.45, 7) is 1.49. The Hall–Kier alpha value is -3.26. The average molecular weight is 545 g/mol. The summed E-state index contributed by atoms with van der Waals surface area (Å²) in [5.41, 5.74) is 4.73. The van der Waals surface area contributed by atoms with Crippen LogP contribution in [0.4, 0.5) is 5.82 Å². The Morgan fingerprint density at radius 3 is 2.77 bits per heavy atom. The first kappa shape index (κ1) is 26.0. The molecule has 1 aliphatic heterocycles. The monoisotopic (exact) mass is 544 g/mol. The quantitative estimate of drug-likeness (QED) is 0.226. The predicted octanol–water partition coefficient (Wildman–Crippen LogP) is 6.81. The smallest absolute Gasteiger partial charge is 0.256 e. The Labute approximate surface area is 233 Å². The van der Waals surface area contributed by atoms with Gasteiger partial charge in [-0.25, -0.2) is 9.97 Å². The van der Waals surface area contributed by atoms with Crippen molar-refractivity contribution in [3.63, 3.8) is 0 Å². The summed E-state index contributed by atoms with van der Waals surface area (Å²) in [6, 6.07) is 17.1. The number of imidazole rings is 1. The Morgan fingerprint density at radius 1 is 1.13 bits per heavy atom. The van der Waals surface area contributed by atoms with Crippen molar-refractivity contribution in [2.24, 2.45) is 0 Å². The molecule has 0 spiro atoms. The third-order valence-corrected chi connectivity index (χ3v) is 8.17. The number of carbonyl (C=O) groups is 1. The van der Waals surface area contributed by atoms with Gasteiger partial charge < -0.3 is 19.8 Å². The fourth-order valence-electron chi connectivity index (χ4n) is 5.60. The lowest BCUT2D eigenvalue weighted by molar-refractivity contribution is -0.162. The highest BCUT2D eigenvalue weighted by Crippen LogP contribution is 2.48. The van der Waals surface area contributed by atoms with E-state index in [1.807, 2.05) is 12.3 Å². The van der Waals surface area contributed by atoms with Crippen molar-refractivity contribution in [1.82, 2.24) is 15.0 Å². The maximum Gasteiger partial charge on any atom is 0.256 e. The molecule has 1 saturated heterocycles. The highest BCUT2D eigenvalue weighted by Gasteiger charge is 2.43. The van der Waals surface area contributed by atoms with Gasteiger partial charge >= 0.3 is 0 Å². The van der Waals surface area contributed by atoms with Gasteiger partial charge in [-0.1, -0.05) is 42.3 Å². The highest BCUT2D eigenvalue weighted by molar-refractivity contribution is 6.31. The lowest BCUT2D eigenvalue weighted by Gasteiger charge is -2.40. The van der Waals surface area contributed by atoms with E-state index in [1.54, 1.807) is 24.3 Å². The van der Waals surface area contributed by atoms with Gasteiger partial charge in [0.05, 0.1) is 23.1 Å². The number of aryl methyl sites for hydroxylation is 1. The van der Waals surface area contributed by atoms with Gasteiger partial charge in [0.15, 0.2) is 6.29 Å². The van der Waals surface area contributed by atoms with Gasteiger partial charge in [-0.2, -0.15) is 0 Å². The highest BCUT2D eigenvalue weighted by atomic mass is 35.5. The van der Waals surface area contributed by atoms with E-state index >= 15 is 0 Å². The number of ether oxygens (including phenoxy) is 2. The van der Waals surface area contributed by atoms with Gasteiger partial charge in [0.1, 0.15) is 11.6 Å². The van der Waals surface area contributed by atoms with Gasteiger partial charge in [-0.05, 0) is 86.4 Å². The van der Waals surface area contributed by atoms with Crippen LogP contribution in [0.5, 0.6) is 0 Å². The molecule has 8 heteroatoms. The van der Waals surface area contributed by atoms with E-state index in [0.717, 1.165) is 74.0 Å². The van der Waals surface area contributed by atoms with E-state index in [0.29, 0.717) is 23.0 Å². The summed E-state index contributed by atoms with van der Waals surface area (Å²) in [4.78, 5) is 25.9. The van der Waals surface area contributed by atoms with Crippen LogP contribution in [-0.2, 0) is 21.3 Å². The van der Waals surface area contributed by atoms with Gasteiger partial charge in [0.2, 0.25) is 0 Å². The fraction of sp³-hybridized carbons (Fsp3) is 0.387. The first-order chi connectivity index (χ1) is 19.1. The number of rotatable bonds is 9. The van der Waals surface area contributed by atoms with Crippen LogP contribution in [0.3, 0.4) is 0 Å². The molecule has 2 N–H and O–H groups in total. The van der Waals surface area contributed by atoms with Crippen LogP contribution in [-0.4, -0.2) is 40.4 Å². The molecule has 0 bridgehead atoms. The number of benzene rings is 2. The van der Waals surface area contributed by atoms with E-state index < -0.39 is 0 Å². The van der Waals surface area contributed by atoms with Crippen LogP contribution in [0.2, 0.25) is 5.02 Å². The van der Waals surface area contributed by atoms with E-state index in [4.69, 9.17) is 26.1 Å². The largest absolute Gasteiger partial charge is 0.353 e. The molecule has 7 nitrogen and oxygen atoms in total. The number of pyridine rings is 1. The molecule has 3 heterocycles. The summed E-state index contributed by atoms with van der Waals surface area (Å²) >= 11 is 6.03. The Balaban J connectivity index is 1.15. The van der Waals surface area contributed by atoms with Gasteiger partial charge in [-0.15, -0.1) is 0 Å². The van der Waals surface area contributed by atoms with E-state index in [-0.39, 0.29) is 17.6 Å². The molecule has 6 rings (SSSR count). The average Bonchev–Trinajstić information content (AvgIpc) is 3.37. The number of amides is 1. The number of hydrogen-bond donors (Lipinski definition) is 2. The lowest BCUT2D eigenvalue weighted by Crippen LogP contribution is -2.36. The number of para-hydroxylation sites is 1. The number of H-pyrrole nitrogens is 1. The fourth-order valence-corrected chi connectivity index (χ4v) is 5.79. The molecule has 1 atom stereocenters. The number of carbonyl (C=O) groups excluding carboxylic acids is 1. The second-order valence-electron chi connectivity index (χ2n) is 10.5. The number of halogens is 1. The molecule has 2 fully saturated rings. The second kappa shape index (κ2) is 11.5. The summed E-state index contributed by atoms with van der Waals surface area (Å²) in [7, 11) is 0. The minimum absolute atomic E-state index is 0.0462. The van der Waals surface area contributed by atoms with Crippen LogP contribution >= 0.6 is 11.6 Å². The van der Waals surface area contributed by atoms with Crippen molar-refractivity contribution >= 4 is 34.4 Å². The number of aromatic amines is 1. The molecule has 2 aliphatic rings. The third kappa shape index (κ3) is 5.57. The molecular weight excluding hydrogens is 512 g/mol. The Kier molecular flexibility index (Phi) is 7.64. The Morgan fingerprint density at radius 2 is 2.03 bits per heavy atom. The van der Waals surface area contributed by atoms with E-state index in [9.17, 15) is 4.79 Å². The number of anilines is 1. The maximum atomic E-state index is 12.6. The van der Waals surface area contributed by atoms with Crippen LogP contribution < -0.4 is 5.32 Å².